The molecule has 4 saturated carbocycles. The van der Waals surface area contributed by atoms with Crippen LogP contribution in [0.4, 0.5) is 0 Å². The maximum Gasteiger partial charge on any atom is 0.187 e. The second-order valence-electron chi connectivity index (χ2n) is 26.7. The molecule has 0 amide bonds. The predicted molar refractivity (Wildman–Crippen MR) is 277 cm³/mol. The van der Waals surface area contributed by atoms with Gasteiger partial charge in [-0.1, -0.05) is 27.7 Å². The molecule has 7 heterocycles. The molecule has 29 heteroatoms. The maximum absolute atomic E-state index is 14.8. The van der Waals surface area contributed by atoms with Gasteiger partial charge in [0.25, 0.3) is 0 Å². The topological polar surface area (TPSA) is 452 Å². The number of ether oxygens (including phenoxy) is 12. The monoisotopic (exact) mass is 1230 g/mol. The number of hydrogen-bond donors (Lipinski definition) is 16. The molecule has 0 bridgehead atoms. The Hall–Kier alpha value is -1.45. The van der Waals surface area contributed by atoms with Crippen molar-refractivity contribution >= 4 is 5.78 Å². The normalized spacial score (nSPS) is 57.2. The molecule has 0 aromatic carbocycles. The van der Waals surface area contributed by atoms with Gasteiger partial charge >= 0.3 is 0 Å². The maximum atomic E-state index is 14.8. The molecule has 29 nitrogen and oxygen atoms in total. The first kappa shape index (κ1) is 65.1. The van der Waals surface area contributed by atoms with E-state index in [2.05, 4.69) is 27.7 Å². The van der Waals surface area contributed by atoms with E-state index in [-0.39, 0.29) is 53.8 Å². The predicted octanol–water partition coefficient (Wildman–Crippen LogP) is -6.30. The highest BCUT2D eigenvalue weighted by molar-refractivity contribution is 5.87. The van der Waals surface area contributed by atoms with Crippen LogP contribution in [0.5, 0.6) is 0 Å². The molecule has 11 fully saturated rings. The molecule has 7 saturated heterocycles. The molecule has 16 N–H and O–H groups in total. The molecule has 85 heavy (non-hydrogen) atoms. The molecule has 7 aliphatic heterocycles. The number of Topliss-reactive ketones (excluding diaryl/α,β-unsaturated/α-hetero) is 1. The summed E-state index contributed by atoms with van der Waals surface area (Å²) in [6.07, 6.45) is -42.6. The average molecular weight is 1230 g/mol. The van der Waals surface area contributed by atoms with E-state index < -0.39 is 209 Å². The molecule has 4 aliphatic carbocycles. The third-order valence-corrected chi connectivity index (χ3v) is 22.0. The second-order valence-corrected chi connectivity index (χ2v) is 26.7. The smallest absolute Gasteiger partial charge is 0.187 e. The van der Waals surface area contributed by atoms with E-state index in [0.717, 1.165) is 32.1 Å². The van der Waals surface area contributed by atoms with Crippen molar-refractivity contribution in [1.82, 2.24) is 0 Å². The van der Waals surface area contributed by atoms with Crippen LogP contribution in [-0.4, -0.2) is 299 Å². The van der Waals surface area contributed by atoms with Crippen LogP contribution in [0.3, 0.4) is 0 Å². The van der Waals surface area contributed by atoms with Crippen molar-refractivity contribution < 1.29 is 143 Å². The summed E-state index contributed by atoms with van der Waals surface area (Å²) in [5.74, 6) is 0.331. The molecular formula is C56H90O29. The van der Waals surface area contributed by atoms with Gasteiger partial charge in [-0.3, -0.25) is 4.79 Å². The van der Waals surface area contributed by atoms with Crippen LogP contribution >= 0.6 is 0 Å². The first-order chi connectivity index (χ1) is 40.3. The Kier molecular flexibility index (Phi) is 19.3. The van der Waals surface area contributed by atoms with Crippen LogP contribution in [0, 0.1) is 52.3 Å². The summed E-state index contributed by atoms with van der Waals surface area (Å²) >= 11 is 0. The van der Waals surface area contributed by atoms with Crippen molar-refractivity contribution in [3.05, 3.63) is 0 Å². The quantitative estimate of drug-likeness (QED) is 0.0720. The van der Waals surface area contributed by atoms with Crippen LogP contribution in [0.15, 0.2) is 0 Å². The molecule has 0 unspecified atom stereocenters. The van der Waals surface area contributed by atoms with Gasteiger partial charge in [-0.2, -0.15) is 0 Å². The second kappa shape index (κ2) is 25.2. The zero-order valence-corrected chi connectivity index (χ0v) is 48.0. The zero-order chi connectivity index (χ0) is 61.1. The fraction of sp³-hybridized carbons (Fsp3) is 0.982. The Balaban J connectivity index is 0.798. The third-order valence-electron chi connectivity index (χ3n) is 22.0. The van der Waals surface area contributed by atoms with Gasteiger partial charge in [-0.25, -0.2) is 0 Å². The molecule has 0 radical (unpaired) electrons. The van der Waals surface area contributed by atoms with Crippen LogP contribution in [0.25, 0.3) is 0 Å². The summed E-state index contributed by atoms with van der Waals surface area (Å²) < 4.78 is 72.7. The fourth-order valence-electron chi connectivity index (χ4n) is 17.1. The van der Waals surface area contributed by atoms with E-state index in [1.165, 1.54) is 0 Å². The first-order valence-corrected chi connectivity index (χ1v) is 30.3. The van der Waals surface area contributed by atoms with E-state index in [0.29, 0.717) is 25.4 Å². The van der Waals surface area contributed by atoms with Crippen molar-refractivity contribution in [3.8, 4) is 0 Å². The van der Waals surface area contributed by atoms with E-state index in [1.807, 2.05) is 0 Å². The minimum Gasteiger partial charge on any atom is -0.394 e. The van der Waals surface area contributed by atoms with Crippen LogP contribution < -0.4 is 0 Å². The Morgan fingerprint density at radius 3 is 1.74 bits per heavy atom. The van der Waals surface area contributed by atoms with Gasteiger partial charge in [0.1, 0.15) is 122 Å². The number of carbonyl (C=O) groups excluding carboxylic acids is 1. The molecule has 0 aromatic heterocycles. The van der Waals surface area contributed by atoms with Crippen molar-refractivity contribution in [2.45, 2.75) is 251 Å². The van der Waals surface area contributed by atoms with Crippen LogP contribution in [0.1, 0.15) is 79.1 Å². The number of rotatable bonds is 14. The highest BCUT2D eigenvalue weighted by Gasteiger charge is 2.72. The number of ketones is 1. The van der Waals surface area contributed by atoms with E-state index in [4.69, 9.17) is 56.8 Å². The average Bonchev–Trinajstić information content (AvgIpc) is 1.63. The van der Waals surface area contributed by atoms with E-state index in [9.17, 15) is 86.5 Å². The Morgan fingerprint density at radius 1 is 0.518 bits per heavy atom. The van der Waals surface area contributed by atoms with Gasteiger partial charge in [0, 0.05) is 30.1 Å². The van der Waals surface area contributed by atoms with Gasteiger partial charge in [0.05, 0.1) is 58.0 Å². The van der Waals surface area contributed by atoms with Crippen molar-refractivity contribution in [1.29, 1.82) is 0 Å². The summed E-state index contributed by atoms with van der Waals surface area (Å²) in [5, 5.41) is 176. The van der Waals surface area contributed by atoms with Crippen molar-refractivity contribution in [2.24, 2.45) is 52.3 Å². The summed E-state index contributed by atoms with van der Waals surface area (Å²) in [5.41, 5.74) is -1.05. The fourth-order valence-corrected chi connectivity index (χ4v) is 17.1. The number of hydrogen-bond acceptors (Lipinski definition) is 29. The SMILES string of the molecule is C[C@@H]1CC[C@@]2(OC1)O[C@H]1C[C@H]3[C@@H]4CC[C@H]5C[C@@H](O[C@@H]6O[C@H](CO)[C@H](O[C@@H]7O[C@H](CO)[C@@H](O)[C@H](O[C@@H]8OC[C@@H](O)[C@H](O)[C@H]8O)[C@H]7O[C@@H]7O[C@H](CO)[C@@H](O)[C@H](O[C@@H]8O[C@H](CO)[C@@H](O)[C@H](O)[C@H]8O)[C@H]7O)[C@H](O)[C@H]6O)[C@H](O)C[C@]5(C)[C@H]4CC(=O)[C@]3(C)[C@H]1[C@@H]2C. The molecule has 488 valence electrons. The lowest BCUT2D eigenvalue weighted by molar-refractivity contribution is -0.410. The van der Waals surface area contributed by atoms with Crippen LogP contribution in [0.2, 0.25) is 0 Å². The highest BCUT2D eigenvalue weighted by Crippen LogP contribution is 2.70. The van der Waals surface area contributed by atoms with Crippen molar-refractivity contribution in [3.63, 3.8) is 0 Å². The number of aliphatic hydroxyl groups excluding tert-OH is 16. The first-order valence-electron chi connectivity index (χ1n) is 30.3. The van der Waals surface area contributed by atoms with Crippen LogP contribution in [-0.2, 0) is 61.6 Å². The number of fused-ring (bicyclic) bond motifs is 7. The lowest BCUT2D eigenvalue weighted by Gasteiger charge is -2.61. The lowest BCUT2D eigenvalue weighted by Crippen LogP contribution is -2.69. The molecule has 1 spiro atoms. The molecule has 0 aromatic rings. The minimum atomic E-state index is -2.22. The number of carbonyl (C=O) groups is 1. The third kappa shape index (κ3) is 11.2. The Morgan fingerprint density at radius 2 is 1.08 bits per heavy atom. The summed E-state index contributed by atoms with van der Waals surface area (Å²) in [6, 6.07) is 0. The van der Waals surface area contributed by atoms with Gasteiger partial charge < -0.3 is 139 Å². The summed E-state index contributed by atoms with van der Waals surface area (Å²) in [7, 11) is 0. The minimum absolute atomic E-state index is 0.0228. The highest BCUT2D eigenvalue weighted by atomic mass is 16.8. The summed E-state index contributed by atoms with van der Waals surface area (Å²) in [6.45, 7) is 4.89. The molecule has 37 atom stereocenters. The van der Waals surface area contributed by atoms with E-state index >= 15 is 0 Å². The van der Waals surface area contributed by atoms with Gasteiger partial charge in [-0.05, 0) is 73.5 Å². The standard InChI is InChI=1S/C56H90O29/c1-19-7-8-56(75-17-19)20(2)34-28(85-56)10-24-22-6-5-21-9-27(25(61)12-54(21,3)23(22)11-33(63)55(24,34)4)76-50-43(72)40(69)45(32(16-60)80-50)81-53-48(47(38(67)31(15-59)79-53)83-49-41(70)35(64)26(62)18-74-49)84-52-44(73)46(37(66)30(14-58)78-52)82-51-42(71)39(68)36(65)29(13-57)77-51/h19-32,34-53,57-62,64-73H,5-18H2,1-4H3/t19-,20+,21+,22-,23+,24+,25-,26-,27-,28+,29-,30-,31-,32-,34+,35+,36-,37-,38-,39+,40-,41-,42-,43-,44-,45+,46+,47+,48-,49+,50-,51+,52+,53+,54+,55-,56-/m1/s1. The summed E-state index contributed by atoms with van der Waals surface area (Å²) in [4.78, 5) is 14.8. The Labute approximate surface area is 490 Å². The lowest BCUT2D eigenvalue weighted by atomic mass is 9.43. The van der Waals surface area contributed by atoms with E-state index in [1.54, 1.807) is 0 Å². The molecular weight excluding hydrogens is 1140 g/mol. The van der Waals surface area contributed by atoms with Gasteiger partial charge in [0.15, 0.2) is 37.2 Å². The van der Waals surface area contributed by atoms with Crippen molar-refractivity contribution in [2.75, 3.05) is 39.6 Å². The molecule has 11 aliphatic rings. The largest absolute Gasteiger partial charge is 0.394 e. The number of aliphatic hydroxyl groups is 16. The molecule has 11 rings (SSSR count). The van der Waals surface area contributed by atoms with Gasteiger partial charge in [-0.15, -0.1) is 0 Å². The Bertz CT molecular complexity index is 2260. The zero-order valence-electron chi connectivity index (χ0n) is 48.0. The van der Waals surface area contributed by atoms with Gasteiger partial charge in [0.2, 0.25) is 0 Å².